The van der Waals surface area contributed by atoms with E-state index in [1.165, 1.54) is 32.1 Å². The molecule has 136 valence electrons. The van der Waals surface area contributed by atoms with Gasteiger partial charge >= 0.3 is 5.63 Å². The summed E-state index contributed by atoms with van der Waals surface area (Å²) in [7, 11) is 0. The second kappa shape index (κ2) is 7.27. The van der Waals surface area contributed by atoms with Crippen molar-refractivity contribution in [2.45, 2.75) is 62.9 Å². The minimum Gasteiger partial charge on any atom is -0.423 e. The molecule has 1 aliphatic carbocycles. The van der Waals surface area contributed by atoms with E-state index < -0.39 is 0 Å². The summed E-state index contributed by atoms with van der Waals surface area (Å²) in [4.78, 5) is 11.9. The predicted molar refractivity (Wildman–Crippen MR) is 104 cm³/mol. The molecule has 0 amide bonds. The fourth-order valence-corrected chi connectivity index (χ4v) is 4.85. The topological polar surface area (TPSA) is 60.9 Å². The lowest BCUT2D eigenvalue weighted by atomic mass is 9.95. The summed E-state index contributed by atoms with van der Waals surface area (Å²) in [5.74, 6) is 1.66. The number of nitrogens with zero attached hydrogens (tertiary/aromatic N) is 3. The van der Waals surface area contributed by atoms with Crippen LogP contribution in [0.3, 0.4) is 0 Å². The lowest BCUT2D eigenvalue weighted by Crippen LogP contribution is -2.15. The first kappa shape index (κ1) is 17.3. The Morgan fingerprint density at radius 2 is 1.96 bits per heavy atom. The van der Waals surface area contributed by atoms with Crippen LogP contribution in [-0.4, -0.2) is 14.8 Å². The van der Waals surface area contributed by atoms with Crippen molar-refractivity contribution < 1.29 is 4.42 Å². The molecule has 1 aliphatic rings. The highest BCUT2D eigenvalue weighted by Gasteiger charge is 2.21. The smallest absolute Gasteiger partial charge is 0.336 e. The lowest BCUT2D eigenvalue weighted by Gasteiger charge is -2.25. The number of hydrogen-bond acceptors (Lipinski definition) is 5. The van der Waals surface area contributed by atoms with Gasteiger partial charge in [0, 0.05) is 23.2 Å². The Balaban J connectivity index is 1.62. The summed E-state index contributed by atoms with van der Waals surface area (Å²) in [6.45, 7) is 4.03. The summed E-state index contributed by atoms with van der Waals surface area (Å²) >= 11 is 1.65. The molecule has 6 heteroatoms. The maximum absolute atomic E-state index is 11.9. The van der Waals surface area contributed by atoms with Crippen LogP contribution in [0.25, 0.3) is 11.0 Å². The molecule has 0 N–H and O–H groups in total. The number of rotatable bonds is 4. The molecule has 26 heavy (non-hydrogen) atoms. The van der Waals surface area contributed by atoms with Crippen molar-refractivity contribution in [3.8, 4) is 0 Å². The van der Waals surface area contributed by atoms with E-state index >= 15 is 0 Å². The number of benzene rings is 1. The van der Waals surface area contributed by atoms with Crippen LogP contribution in [0.2, 0.25) is 0 Å². The zero-order valence-corrected chi connectivity index (χ0v) is 16.0. The van der Waals surface area contributed by atoms with E-state index in [2.05, 4.69) is 14.8 Å². The molecule has 0 bridgehead atoms. The minimum absolute atomic E-state index is 0.302. The van der Waals surface area contributed by atoms with Crippen molar-refractivity contribution in [1.29, 1.82) is 0 Å². The Morgan fingerprint density at radius 3 is 2.77 bits per heavy atom. The highest BCUT2D eigenvalue weighted by molar-refractivity contribution is 7.98. The van der Waals surface area contributed by atoms with E-state index in [1.807, 2.05) is 32.0 Å². The zero-order valence-electron chi connectivity index (χ0n) is 15.2. The van der Waals surface area contributed by atoms with E-state index in [0.717, 1.165) is 27.5 Å². The van der Waals surface area contributed by atoms with E-state index in [-0.39, 0.29) is 5.63 Å². The molecular weight excluding hydrogens is 346 g/mol. The number of fused-ring (bicyclic) bond motifs is 1. The van der Waals surface area contributed by atoms with Gasteiger partial charge in [0.2, 0.25) is 0 Å². The van der Waals surface area contributed by atoms with Gasteiger partial charge in [0.05, 0.1) is 0 Å². The van der Waals surface area contributed by atoms with Crippen LogP contribution < -0.4 is 5.63 Å². The molecule has 0 aliphatic heterocycles. The van der Waals surface area contributed by atoms with Crippen molar-refractivity contribution in [3.63, 3.8) is 0 Å². The Hall–Kier alpha value is -2.08. The SMILES string of the molecule is Cc1ccc2c(CSc3nnc(C)n3C3CCCCC3)cc(=O)oc2c1. The molecule has 0 unspecified atom stereocenters. The molecule has 1 aromatic carbocycles. The normalized spacial score (nSPS) is 15.6. The third-order valence-corrected chi connectivity index (χ3v) is 6.11. The van der Waals surface area contributed by atoms with Gasteiger partial charge in [-0.25, -0.2) is 4.79 Å². The molecule has 3 aromatic rings. The highest BCUT2D eigenvalue weighted by atomic mass is 32.2. The zero-order chi connectivity index (χ0) is 18.1. The Kier molecular flexibility index (Phi) is 4.85. The van der Waals surface area contributed by atoms with Crippen LogP contribution in [0.4, 0.5) is 0 Å². The fraction of sp³-hybridized carbons (Fsp3) is 0.450. The van der Waals surface area contributed by atoms with Crippen LogP contribution in [0.15, 0.2) is 38.6 Å². The largest absolute Gasteiger partial charge is 0.423 e. The van der Waals surface area contributed by atoms with Gasteiger partial charge < -0.3 is 8.98 Å². The third-order valence-electron chi connectivity index (χ3n) is 5.12. The highest BCUT2D eigenvalue weighted by Crippen LogP contribution is 2.34. The van der Waals surface area contributed by atoms with E-state index in [0.29, 0.717) is 17.4 Å². The number of hydrogen-bond donors (Lipinski definition) is 0. The van der Waals surface area contributed by atoms with Gasteiger partial charge in [-0.05, 0) is 43.9 Å². The Labute approximate surface area is 156 Å². The van der Waals surface area contributed by atoms with Crippen molar-refractivity contribution in [2.75, 3.05) is 0 Å². The molecular formula is C20H23N3O2S. The first-order valence-corrected chi connectivity index (χ1v) is 10.2. The molecule has 0 spiro atoms. The molecule has 5 nitrogen and oxygen atoms in total. The predicted octanol–water partition coefficient (Wildman–Crippen LogP) is 4.80. The average Bonchev–Trinajstić information content (AvgIpc) is 3.00. The van der Waals surface area contributed by atoms with Crippen LogP contribution >= 0.6 is 11.8 Å². The third kappa shape index (κ3) is 3.43. The number of aromatic nitrogens is 3. The second-order valence-corrected chi connectivity index (χ2v) is 8.01. The molecule has 0 saturated heterocycles. The second-order valence-electron chi connectivity index (χ2n) is 7.07. The molecule has 1 saturated carbocycles. The van der Waals surface area contributed by atoms with Gasteiger partial charge in [-0.1, -0.05) is 43.2 Å². The molecule has 0 atom stereocenters. The number of aryl methyl sites for hydroxylation is 2. The van der Waals surface area contributed by atoms with Crippen molar-refractivity contribution in [1.82, 2.24) is 14.8 Å². The van der Waals surface area contributed by atoms with Gasteiger partial charge in [0.25, 0.3) is 0 Å². The summed E-state index contributed by atoms with van der Waals surface area (Å²) < 4.78 is 7.65. The molecule has 0 radical (unpaired) electrons. The summed E-state index contributed by atoms with van der Waals surface area (Å²) in [5.41, 5.74) is 2.41. The van der Waals surface area contributed by atoms with Crippen LogP contribution in [-0.2, 0) is 5.75 Å². The van der Waals surface area contributed by atoms with E-state index in [1.54, 1.807) is 17.8 Å². The number of thioether (sulfide) groups is 1. The van der Waals surface area contributed by atoms with Crippen LogP contribution in [0, 0.1) is 13.8 Å². The first-order chi connectivity index (χ1) is 12.6. The van der Waals surface area contributed by atoms with Crippen LogP contribution in [0.5, 0.6) is 0 Å². The van der Waals surface area contributed by atoms with Gasteiger partial charge in [-0.3, -0.25) is 0 Å². The minimum atomic E-state index is -0.302. The van der Waals surface area contributed by atoms with Gasteiger partial charge in [0.15, 0.2) is 5.16 Å². The molecule has 2 aromatic heterocycles. The van der Waals surface area contributed by atoms with Crippen LogP contribution in [0.1, 0.15) is 55.1 Å². The summed E-state index contributed by atoms with van der Waals surface area (Å²) in [6.07, 6.45) is 6.27. The molecule has 1 fully saturated rings. The molecule has 4 rings (SSSR count). The maximum Gasteiger partial charge on any atom is 0.336 e. The Bertz CT molecular complexity index is 986. The quantitative estimate of drug-likeness (QED) is 0.488. The van der Waals surface area contributed by atoms with Gasteiger partial charge in [-0.2, -0.15) is 0 Å². The maximum atomic E-state index is 11.9. The van der Waals surface area contributed by atoms with Crippen molar-refractivity contribution in [3.05, 3.63) is 51.6 Å². The monoisotopic (exact) mass is 369 g/mol. The summed E-state index contributed by atoms with van der Waals surface area (Å²) in [5, 5.41) is 10.6. The standard InChI is InChI=1S/C20H23N3O2S/c1-13-8-9-17-15(11-19(24)25-18(17)10-13)12-26-20-22-21-14(2)23(20)16-6-4-3-5-7-16/h8-11,16H,3-7,12H2,1-2H3. The fourth-order valence-electron chi connectivity index (χ4n) is 3.81. The van der Waals surface area contributed by atoms with E-state index in [9.17, 15) is 4.79 Å². The van der Waals surface area contributed by atoms with Gasteiger partial charge in [-0.15, -0.1) is 10.2 Å². The first-order valence-electron chi connectivity index (χ1n) is 9.19. The average molecular weight is 369 g/mol. The van der Waals surface area contributed by atoms with Gasteiger partial charge in [0.1, 0.15) is 11.4 Å². The van der Waals surface area contributed by atoms with Crippen molar-refractivity contribution in [2.24, 2.45) is 0 Å². The van der Waals surface area contributed by atoms with Crippen molar-refractivity contribution >= 4 is 22.7 Å². The summed E-state index contributed by atoms with van der Waals surface area (Å²) in [6, 6.07) is 8.09. The Morgan fingerprint density at radius 1 is 1.15 bits per heavy atom. The molecule has 2 heterocycles. The lowest BCUT2D eigenvalue weighted by molar-refractivity contribution is 0.332. The van der Waals surface area contributed by atoms with E-state index in [4.69, 9.17) is 4.42 Å².